The Bertz CT molecular complexity index is 1180. The molecular weight excluding hydrogens is 447 g/mol. The Labute approximate surface area is 196 Å². The van der Waals surface area contributed by atoms with Crippen LogP contribution in [-0.4, -0.2) is 41.9 Å². The molecule has 0 saturated heterocycles. The number of hydrogen-bond donors (Lipinski definition) is 1. The van der Waals surface area contributed by atoms with Gasteiger partial charge in [0.05, 0.1) is 11.1 Å². The SMILES string of the molecule is Cc1c(C(=O)N(C)C)cc(C(=O)NCCC2=CCCCC2)c(=O)n1-c1cccc(C(F)(F)F)c1. The first-order valence-electron chi connectivity index (χ1n) is 11.1. The highest BCUT2D eigenvalue weighted by Crippen LogP contribution is 2.30. The maximum atomic E-state index is 13.3. The van der Waals surface area contributed by atoms with E-state index in [2.05, 4.69) is 11.4 Å². The van der Waals surface area contributed by atoms with Gasteiger partial charge in [-0.25, -0.2) is 0 Å². The van der Waals surface area contributed by atoms with Gasteiger partial charge >= 0.3 is 6.18 Å². The Morgan fingerprint density at radius 3 is 2.47 bits per heavy atom. The lowest BCUT2D eigenvalue weighted by atomic mass is 9.97. The minimum absolute atomic E-state index is 0.0575. The van der Waals surface area contributed by atoms with Crippen LogP contribution in [0.2, 0.25) is 0 Å². The Hall–Kier alpha value is -3.36. The number of hydrogen-bond acceptors (Lipinski definition) is 3. The van der Waals surface area contributed by atoms with Crippen molar-refractivity contribution in [2.45, 2.75) is 45.2 Å². The Balaban J connectivity index is 2.04. The summed E-state index contributed by atoms with van der Waals surface area (Å²) in [5, 5.41) is 2.72. The number of amides is 2. The van der Waals surface area contributed by atoms with Crippen LogP contribution in [0.15, 0.2) is 46.8 Å². The average molecular weight is 476 g/mol. The van der Waals surface area contributed by atoms with Gasteiger partial charge in [0, 0.05) is 32.0 Å². The van der Waals surface area contributed by atoms with Crippen molar-refractivity contribution in [3.63, 3.8) is 0 Å². The number of rotatable bonds is 6. The molecule has 1 aliphatic rings. The van der Waals surface area contributed by atoms with Crippen molar-refractivity contribution in [2.75, 3.05) is 20.6 Å². The second-order valence-corrected chi connectivity index (χ2v) is 8.56. The molecule has 3 rings (SSSR count). The summed E-state index contributed by atoms with van der Waals surface area (Å²) < 4.78 is 40.8. The van der Waals surface area contributed by atoms with Gasteiger partial charge in [-0.1, -0.05) is 17.7 Å². The molecular formula is C25H28F3N3O3. The zero-order valence-corrected chi connectivity index (χ0v) is 19.5. The molecule has 6 nitrogen and oxygen atoms in total. The minimum atomic E-state index is -4.61. The van der Waals surface area contributed by atoms with E-state index in [0.29, 0.717) is 13.0 Å². The summed E-state index contributed by atoms with van der Waals surface area (Å²) in [7, 11) is 3.03. The monoisotopic (exact) mass is 475 g/mol. The molecule has 1 aromatic heterocycles. The smallest absolute Gasteiger partial charge is 0.352 e. The van der Waals surface area contributed by atoms with E-state index in [-0.39, 0.29) is 22.5 Å². The van der Waals surface area contributed by atoms with Crippen LogP contribution >= 0.6 is 0 Å². The fraction of sp³-hybridized carbons (Fsp3) is 0.400. The maximum absolute atomic E-state index is 13.3. The highest BCUT2D eigenvalue weighted by atomic mass is 19.4. The lowest BCUT2D eigenvalue weighted by Crippen LogP contribution is -2.36. The molecule has 2 amide bonds. The van der Waals surface area contributed by atoms with Gasteiger partial charge < -0.3 is 10.2 Å². The van der Waals surface area contributed by atoms with Crippen molar-refractivity contribution in [1.29, 1.82) is 0 Å². The van der Waals surface area contributed by atoms with Gasteiger partial charge in [-0.3, -0.25) is 19.0 Å². The second kappa shape index (κ2) is 10.3. The first-order valence-corrected chi connectivity index (χ1v) is 11.1. The van der Waals surface area contributed by atoms with Crippen molar-refractivity contribution in [1.82, 2.24) is 14.8 Å². The quantitative estimate of drug-likeness (QED) is 0.626. The molecule has 182 valence electrons. The standard InChI is InChI=1S/C25H28F3N3O3/c1-16-20(23(33)30(2)3)15-21(22(32)29-13-12-17-8-5-4-6-9-17)24(34)31(16)19-11-7-10-18(14-19)25(26,27)28/h7-8,10-11,14-15H,4-6,9,12-13H2,1-3H3,(H,29,32). The average Bonchev–Trinajstić information content (AvgIpc) is 2.79. The maximum Gasteiger partial charge on any atom is 0.416 e. The highest BCUT2D eigenvalue weighted by Gasteiger charge is 2.31. The van der Waals surface area contributed by atoms with Gasteiger partial charge in [0.2, 0.25) is 0 Å². The van der Waals surface area contributed by atoms with Gasteiger partial charge in [0.1, 0.15) is 5.56 Å². The third kappa shape index (κ3) is 5.58. The predicted octanol–water partition coefficient (Wildman–Crippen LogP) is 4.49. The normalized spacial score (nSPS) is 13.9. The van der Waals surface area contributed by atoms with Gasteiger partial charge in [-0.05, 0) is 63.3 Å². The molecule has 9 heteroatoms. The first kappa shape index (κ1) is 25.3. The van der Waals surface area contributed by atoms with Gasteiger partial charge in [-0.15, -0.1) is 0 Å². The summed E-state index contributed by atoms with van der Waals surface area (Å²) >= 11 is 0. The van der Waals surface area contributed by atoms with Crippen molar-refractivity contribution in [3.8, 4) is 5.69 Å². The third-order valence-corrected chi connectivity index (χ3v) is 5.88. The number of alkyl halides is 3. The molecule has 34 heavy (non-hydrogen) atoms. The summed E-state index contributed by atoms with van der Waals surface area (Å²) in [6.07, 6.45) is 2.45. The van der Waals surface area contributed by atoms with E-state index in [9.17, 15) is 27.6 Å². The fourth-order valence-corrected chi connectivity index (χ4v) is 4.02. The number of aromatic nitrogens is 1. The van der Waals surface area contributed by atoms with Crippen LogP contribution < -0.4 is 10.9 Å². The molecule has 0 aliphatic heterocycles. The number of carbonyl (C=O) groups excluding carboxylic acids is 2. The highest BCUT2D eigenvalue weighted by molar-refractivity contribution is 6.00. The molecule has 1 aliphatic carbocycles. The Kier molecular flexibility index (Phi) is 7.64. The fourth-order valence-electron chi connectivity index (χ4n) is 4.02. The van der Waals surface area contributed by atoms with Gasteiger partial charge in [0.15, 0.2) is 0 Å². The molecule has 1 N–H and O–H groups in total. The van der Waals surface area contributed by atoms with E-state index < -0.39 is 29.1 Å². The topological polar surface area (TPSA) is 71.4 Å². The molecule has 2 aromatic rings. The summed E-state index contributed by atoms with van der Waals surface area (Å²) in [6, 6.07) is 5.47. The molecule has 0 radical (unpaired) electrons. The van der Waals surface area contributed by atoms with E-state index in [0.717, 1.165) is 42.4 Å². The Morgan fingerprint density at radius 1 is 1.12 bits per heavy atom. The van der Waals surface area contributed by atoms with E-state index in [4.69, 9.17) is 0 Å². The van der Waals surface area contributed by atoms with Crippen LogP contribution in [0.1, 0.15) is 64.1 Å². The van der Waals surface area contributed by atoms with Crippen molar-refractivity contribution in [2.24, 2.45) is 0 Å². The number of allylic oxidation sites excluding steroid dienone is 1. The van der Waals surface area contributed by atoms with E-state index >= 15 is 0 Å². The summed E-state index contributed by atoms with van der Waals surface area (Å²) in [4.78, 5) is 40.3. The number of halogens is 3. The molecule has 1 heterocycles. The molecule has 0 bridgehead atoms. The molecule has 0 unspecified atom stereocenters. The zero-order valence-electron chi connectivity index (χ0n) is 19.5. The van der Waals surface area contributed by atoms with Crippen molar-refractivity contribution >= 4 is 11.8 Å². The summed E-state index contributed by atoms with van der Waals surface area (Å²) in [5.74, 6) is -1.14. The van der Waals surface area contributed by atoms with Crippen LogP contribution in [0.5, 0.6) is 0 Å². The lowest BCUT2D eigenvalue weighted by Gasteiger charge is -2.19. The van der Waals surface area contributed by atoms with Crippen LogP contribution in [0.25, 0.3) is 5.69 Å². The van der Waals surface area contributed by atoms with E-state index in [1.54, 1.807) is 0 Å². The summed E-state index contributed by atoms with van der Waals surface area (Å²) in [6.45, 7) is 1.79. The van der Waals surface area contributed by atoms with Crippen molar-refractivity contribution < 1.29 is 22.8 Å². The van der Waals surface area contributed by atoms with Crippen LogP contribution in [0.3, 0.4) is 0 Å². The molecule has 0 fully saturated rings. The van der Waals surface area contributed by atoms with Crippen LogP contribution in [0, 0.1) is 6.92 Å². The third-order valence-electron chi connectivity index (χ3n) is 5.88. The van der Waals surface area contributed by atoms with Crippen LogP contribution in [-0.2, 0) is 6.18 Å². The number of nitrogens with one attached hydrogen (secondary N) is 1. The lowest BCUT2D eigenvalue weighted by molar-refractivity contribution is -0.137. The van der Waals surface area contributed by atoms with Crippen LogP contribution in [0.4, 0.5) is 13.2 Å². The number of nitrogens with zero attached hydrogens (tertiary/aromatic N) is 2. The molecule has 1 aromatic carbocycles. The Morgan fingerprint density at radius 2 is 1.85 bits per heavy atom. The largest absolute Gasteiger partial charge is 0.416 e. The number of pyridine rings is 1. The minimum Gasteiger partial charge on any atom is -0.352 e. The predicted molar refractivity (Wildman–Crippen MR) is 123 cm³/mol. The molecule has 0 atom stereocenters. The van der Waals surface area contributed by atoms with Gasteiger partial charge in [-0.2, -0.15) is 13.2 Å². The molecule has 0 spiro atoms. The number of carbonyl (C=O) groups is 2. The second-order valence-electron chi connectivity index (χ2n) is 8.56. The van der Waals surface area contributed by atoms with E-state index in [1.165, 1.54) is 49.7 Å². The summed E-state index contributed by atoms with van der Waals surface area (Å²) in [5.41, 5.74) is -0.652. The van der Waals surface area contributed by atoms with Crippen molar-refractivity contribution in [3.05, 3.63) is 74.7 Å². The number of benzene rings is 1. The zero-order chi connectivity index (χ0) is 25.0. The molecule has 0 saturated carbocycles. The first-order chi connectivity index (χ1) is 16.0. The van der Waals surface area contributed by atoms with E-state index in [1.807, 2.05) is 0 Å². The van der Waals surface area contributed by atoms with Gasteiger partial charge in [0.25, 0.3) is 17.4 Å².